The smallest absolute Gasteiger partial charge is 0.0507 e. The number of aliphatic hydroxyl groups excluding tert-OH is 1. The van der Waals surface area contributed by atoms with Crippen LogP contribution in [-0.2, 0) is 0 Å². The maximum atomic E-state index is 8.95. The van der Waals surface area contributed by atoms with Gasteiger partial charge >= 0.3 is 0 Å². The molecule has 0 spiro atoms. The molecule has 186 valence electrons. The third-order valence-corrected chi connectivity index (χ3v) is 7.03. The third-order valence-electron chi connectivity index (χ3n) is 7.03. The fourth-order valence-electron chi connectivity index (χ4n) is 5.12. The van der Waals surface area contributed by atoms with Crippen LogP contribution < -0.4 is 10.6 Å². The molecular formula is C26H56N4O. The van der Waals surface area contributed by atoms with E-state index < -0.39 is 0 Å². The van der Waals surface area contributed by atoms with Crippen LogP contribution in [0, 0.1) is 11.8 Å². The molecule has 1 fully saturated rings. The Bertz CT molecular complexity index is 394. The summed E-state index contributed by atoms with van der Waals surface area (Å²) in [5.74, 6) is 1.65. The lowest BCUT2D eigenvalue weighted by Crippen LogP contribution is -2.65. The van der Waals surface area contributed by atoms with Crippen molar-refractivity contribution in [1.29, 1.82) is 0 Å². The van der Waals surface area contributed by atoms with Gasteiger partial charge in [-0.15, -0.1) is 0 Å². The van der Waals surface area contributed by atoms with Gasteiger partial charge in [-0.25, -0.2) is 0 Å². The summed E-state index contributed by atoms with van der Waals surface area (Å²) >= 11 is 0. The third kappa shape index (κ3) is 12.6. The molecule has 31 heavy (non-hydrogen) atoms. The van der Waals surface area contributed by atoms with Gasteiger partial charge in [-0.1, -0.05) is 66.2 Å². The Morgan fingerprint density at radius 2 is 1.35 bits per heavy atom. The summed E-state index contributed by atoms with van der Waals surface area (Å²) < 4.78 is 0. The van der Waals surface area contributed by atoms with Crippen LogP contribution >= 0.6 is 0 Å². The van der Waals surface area contributed by atoms with Crippen molar-refractivity contribution in [2.45, 2.75) is 97.9 Å². The quantitative estimate of drug-likeness (QED) is 0.261. The van der Waals surface area contributed by atoms with Gasteiger partial charge in [0, 0.05) is 51.4 Å². The molecule has 1 rings (SSSR count). The van der Waals surface area contributed by atoms with Gasteiger partial charge in [0.05, 0.1) is 6.67 Å². The first-order valence-electron chi connectivity index (χ1n) is 13.5. The van der Waals surface area contributed by atoms with E-state index in [0.29, 0.717) is 0 Å². The molecule has 0 aromatic carbocycles. The highest BCUT2D eigenvalue weighted by atomic mass is 16.3. The molecule has 1 saturated heterocycles. The molecule has 5 heteroatoms. The number of hydrogen-bond donors (Lipinski definition) is 3. The molecule has 0 bridgehead atoms. The minimum Gasteiger partial charge on any atom is -0.396 e. The summed E-state index contributed by atoms with van der Waals surface area (Å²) in [5, 5.41) is 16.3. The van der Waals surface area contributed by atoms with Gasteiger partial charge < -0.3 is 15.7 Å². The molecule has 3 N–H and O–H groups in total. The standard InChI is InChI=1S/C26H56N4O/c1-6-10-13-24(8-3)19-29-21-26(5,28-17-16-27-15-12-18-31)22-30(23-29)20-25(9-4)14-11-7-2/h24-25,27-28,31H,6-23H2,1-5H3. The maximum absolute atomic E-state index is 8.95. The van der Waals surface area contributed by atoms with E-state index in [-0.39, 0.29) is 12.1 Å². The fraction of sp³-hybridized carbons (Fsp3) is 1.00. The molecule has 0 radical (unpaired) electrons. The van der Waals surface area contributed by atoms with E-state index in [0.717, 1.165) is 57.6 Å². The van der Waals surface area contributed by atoms with Gasteiger partial charge in [-0.2, -0.15) is 0 Å². The minimum absolute atomic E-state index is 0.142. The number of unbranched alkanes of at least 4 members (excludes halogenated alkanes) is 2. The lowest BCUT2D eigenvalue weighted by atomic mass is 9.93. The first-order chi connectivity index (χ1) is 15.0. The summed E-state index contributed by atoms with van der Waals surface area (Å²) in [7, 11) is 0. The minimum atomic E-state index is 0.142. The van der Waals surface area contributed by atoms with Crippen LogP contribution in [0.1, 0.15) is 92.4 Å². The number of nitrogens with one attached hydrogen (secondary N) is 2. The van der Waals surface area contributed by atoms with E-state index in [1.807, 2.05) is 0 Å². The highest BCUT2D eigenvalue weighted by Gasteiger charge is 2.35. The zero-order chi connectivity index (χ0) is 23.0. The second kappa shape index (κ2) is 17.3. The first-order valence-corrected chi connectivity index (χ1v) is 13.5. The van der Waals surface area contributed by atoms with E-state index in [1.54, 1.807) is 0 Å². The van der Waals surface area contributed by atoms with E-state index in [1.165, 1.54) is 64.5 Å². The Balaban J connectivity index is 2.71. The normalized spacial score (nSPS) is 22.6. The summed E-state index contributed by atoms with van der Waals surface area (Å²) in [6.45, 7) is 20.8. The van der Waals surface area contributed by atoms with Crippen molar-refractivity contribution in [2.75, 3.05) is 59.1 Å². The molecule has 0 aromatic heterocycles. The topological polar surface area (TPSA) is 50.8 Å². The Kier molecular flexibility index (Phi) is 16.1. The molecule has 1 aliphatic rings. The monoisotopic (exact) mass is 440 g/mol. The lowest BCUT2D eigenvalue weighted by molar-refractivity contribution is 0.00519. The Hall–Kier alpha value is -0.200. The summed E-state index contributed by atoms with van der Waals surface area (Å²) in [4.78, 5) is 5.48. The predicted molar refractivity (Wildman–Crippen MR) is 136 cm³/mol. The van der Waals surface area contributed by atoms with E-state index in [4.69, 9.17) is 5.11 Å². The Labute approximate surface area is 194 Å². The van der Waals surface area contributed by atoms with Crippen molar-refractivity contribution >= 4 is 0 Å². The van der Waals surface area contributed by atoms with Gasteiger partial charge in [-0.05, 0) is 44.6 Å². The largest absolute Gasteiger partial charge is 0.396 e. The van der Waals surface area contributed by atoms with E-state index in [2.05, 4.69) is 55.1 Å². The van der Waals surface area contributed by atoms with Crippen LogP contribution in [0.15, 0.2) is 0 Å². The van der Waals surface area contributed by atoms with Crippen molar-refractivity contribution in [3.63, 3.8) is 0 Å². The molecule has 2 unspecified atom stereocenters. The zero-order valence-corrected chi connectivity index (χ0v) is 21.7. The Morgan fingerprint density at radius 3 is 1.81 bits per heavy atom. The lowest BCUT2D eigenvalue weighted by Gasteiger charge is -2.48. The van der Waals surface area contributed by atoms with Gasteiger partial charge in [0.2, 0.25) is 0 Å². The molecule has 0 aromatic rings. The van der Waals surface area contributed by atoms with Crippen LogP contribution in [0.25, 0.3) is 0 Å². The van der Waals surface area contributed by atoms with Gasteiger partial charge in [0.15, 0.2) is 0 Å². The molecule has 0 aliphatic carbocycles. The maximum Gasteiger partial charge on any atom is 0.0507 e. The summed E-state index contributed by atoms with van der Waals surface area (Å²) in [5.41, 5.74) is 0.142. The molecule has 2 atom stereocenters. The van der Waals surface area contributed by atoms with Crippen LogP contribution in [0.3, 0.4) is 0 Å². The molecule has 5 nitrogen and oxygen atoms in total. The zero-order valence-electron chi connectivity index (χ0n) is 21.7. The van der Waals surface area contributed by atoms with Crippen LogP contribution in [0.4, 0.5) is 0 Å². The molecule has 0 amide bonds. The van der Waals surface area contributed by atoms with Crippen LogP contribution in [0.5, 0.6) is 0 Å². The van der Waals surface area contributed by atoms with Crippen molar-refractivity contribution in [3.05, 3.63) is 0 Å². The summed E-state index contributed by atoms with van der Waals surface area (Å²) in [6, 6.07) is 0. The van der Waals surface area contributed by atoms with Crippen molar-refractivity contribution in [3.8, 4) is 0 Å². The van der Waals surface area contributed by atoms with Crippen LogP contribution in [0.2, 0.25) is 0 Å². The highest BCUT2D eigenvalue weighted by molar-refractivity contribution is 4.94. The van der Waals surface area contributed by atoms with Crippen molar-refractivity contribution in [1.82, 2.24) is 20.4 Å². The van der Waals surface area contributed by atoms with Crippen LogP contribution in [-0.4, -0.2) is 79.5 Å². The molecule has 1 aliphatic heterocycles. The van der Waals surface area contributed by atoms with Crippen molar-refractivity contribution in [2.24, 2.45) is 11.8 Å². The van der Waals surface area contributed by atoms with Gasteiger partial charge in [0.25, 0.3) is 0 Å². The predicted octanol–water partition coefficient (Wildman–Crippen LogP) is 4.31. The average Bonchev–Trinajstić information content (AvgIpc) is 2.76. The van der Waals surface area contributed by atoms with E-state index in [9.17, 15) is 0 Å². The van der Waals surface area contributed by atoms with Crippen molar-refractivity contribution < 1.29 is 5.11 Å². The first kappa shape index (κ1) is 28.8. The molecule has 0 saturated carbocycles. The fourth-order valence-corrected chi connectivity index (χ4v) is 5.12. The molecule has 1 heterocycles. The number of nitrogens with zero attached hydrogens (tertiary/aromatic N) is 2. The number of hydrogen-bond acceptors (Lipinski definition) is 5. The number of aliphatic hydroxyl groups is 1. The van der Waals surface area contributed by atoms with E-state index >= 15 is 0 Å². The average molecular weight is 441 g/mol. The SMILES string of the molecule is CCCCC(CC)CN1CN(CC(CC)CCCC)CC(C)(NCCNCCCO)C1. The molecular weight excluding hydrogens is 384 g/mol. The Morgan fingerprint density at radius 1 is 0.806 bits per heavy atom. The van der Waals surface area contributed by atoms with Gasteiger partial charge in [0.1, 0.15) is 0 Å². The van der Waals surface area contributed by atoms with Gasteiger partial charge in [-0.3, -0.25) is 9.80 Å². The second-order valence-corrected chi connectivity index (χ2v) is 10.3. The second-order valence-electron chi connectivity index (χ2n) is 10.3. The highest BCUT2D eigenvalue weighted by Crippen LogP contribution is 2.23. The number of rotatable bonds is 19. The summed E-state index contributed by atoms with van der Waals surface area (Å²) in [6.07, 6.45) is 11.5.